The Morgan fingerprint density at radius 3 is 2.78 bits per heavy atom. The zero-order chi connectivity index (χ0) is 12.8. The molecule has 3 N–H and O–H groups in total. The van der Waals surface area contributed by atoms with Crippen LogP contribution in [0.4, 0.5) is 0 Å². The first-order valence-corrected chi connectivity index (χ1v) is 5.94. The van der Waals surface area contributed by atoms with Crippen molar-refractivity contribution in [2.45, 2.75) is 12.8 Å². The van der Waals surface area contributed by atoms with Gasteiger partial charge in [-0.25, -0.2) is 9.97 Å². The maximum Gasteiger partial charge on any atom is 0.232 e. The summed E-state index contributed by atoms with van der Waals surface area (Å²) in [5.74, 6) is 0.384. The fourth-order valence-electron chi connectivity index (χ4n) is 1.86. The Balaban J connectivity index is 1.79. The summed E-state index contributed by atoms with van der Waals surface area (Å²) in [5, 5.41) is 11.3. The predicted octanol–water partition coefficient (Wildman–Crippen LogP) is 0.0457. The van der Waals surface area contributed by atoms with Crippen LogP contribution in [0.1, 0.15) is 18.5 Å². The van der Waals surface area contributed by atoms with E-state index < -0.39 is 0 Å². The third-order valence-electron chi connectivity index (χ3n) is 2.85. The van der Waals surface area contributed by atoms with Gasteiger partial charge in [0.15, 0.2) is 5.84 Å². The molecule has 0 bridgehead atoms. The highest BCUT2D eigenvalue weighted by Gasteiger charge is 2.11. The number of ether oxygens (including phenoxy) is 1. The largest absolute Gasteiger partial charge is 0.475 e. The van der Waals surface area contributed by atoms with Gasteiger partial charge in [0.1, 0.15) is 12.3 Å². The predicted molar refractivity (Wildman–Crippen MR) is 65.7 cm³/mol. The molecule has 0 saturated carbocycles. The van der Waals surface area contributed by atoms with Gasteiger partial charge < -0.3 is 15.7 Å². The van der Waals surface area contributed by atoms with Crippen molar-refractivity contribution in [3.8, 4) is 5.88 Å². The highest BCUT2D eigenvalue weighted by Crippen LogP contribution is 2.08. The standard InChI is InChI=1S/C11H17N5O2/c12-11(15-17)9-7-14-10(8-13-9)18-6-5-16-3-1-2-4-16/h7-8,17H,1-6H2,(H2,12,15). The summed E-state index contributed by atoms with van der Waals surface area (Å²) >= 11 is 0. The number of nitrogens with two attached hydrogens (primary N) is 1. The lowest BCUT2D eigenvalue weighted by Gasteiger charge is -2.14. The zero-order valence-electron chi connectivity index (χ0n) is 10.1. The van der Waals surface area contributed by atoms with Crippen molar-refractivity contribution in [3.63, 3.8) is 0 Å². The first-order valence-electron chi connectivity index (χ1n) is 5.94. The normalized spacial score (nSPS) is 17.0. The molecule has 0 atom stereocenters. The molecule has 7 nitrogen and oxygen atoms in total. The number of rotatable bonds is 5. The first kappa shape index (κ1) is 12.6. The van der Waals surface area contributed by atoms with E-state index in [4.69, 9.17) is 15.7 Å². The molecule has 0 amide bonds. The van der Waals surface area contributed by atoms with Crippen molar-refractivity contribution >= 4 is 5.84 Å². The summed E-state index contributed by atoms with van der Waals surface area (Å²) in [6.45, 7) is 3.80. The number of oxime groups is 1. The third-order valence-corrected chi connectivity index (χ3v) is 2.85. The molecule has 1 aromatic rings. The Labute approximate surface area is 105 Å². The van der Waals surface area contributed by atoms with Gasteiger partial charge in [-0.3, -0.25) is 4.90 Å². The van der Waals surface area contributed by atoms with Gasteiger partial charge >= 0.3 is 0 Å². The molecule has 98 valence electrons. The maximum absolute atomic E-state index is 8.48. The molecule has 1 saturated heterocycles. The van der Waals surface area contributed by atoms with Crippen LogP contribution in [0.3, 0.4) is 0 Å². The van der Waals surface area contributed by atoms with Crippen molar-refractivity contribution in [3.05, 3.63) is 18.1 Å². The molecule has 0 spiro atoms. The molecular formula is C11H17N5O2. The van der Waals surface area contributed by atoms with Gasteiger partial charge in [0.25, 0.3) is 0 Å². The second-order valence-corrected chi connectivity index (χ2v) is 4.12. The number of hydrogen-bond acceptors (Lipinski definition) is 6. The van der Waals surface area contributed by atoms with Gasteiger partial charge in [-0.15, -0.1) is 0 Å². The number of aromatic nitrogens is 2. The van der Waals surface area contributed by atoms with Gasteiger partial charge in [-0.2, -0.15) is 0 Å². The van der Waals surface area contributed by atoms with E-state index in [0.29, 0.717) is 18.2 Å². The fraction of sp³-hybridized carbons (Fsp3) is 0.545. The van der Waals surface area contributed by atoms with E-state index in [1.807, 2.05) is 0 Å². The lowest BCUT2D eigenvalue weighted by Crippen LogP contribution is -2.25. The number of hydrogen-bond donors (Lipinski definition) is 2. The molecule has 7 heteroatoms. The molecule has 18 heavy (non-hydrogen) atoms. The topological polar surface area (TPSA) is 96.9 Å². The van der Waals surface area contributed by atoms with Crippen LogP contribution in [0.25, 0.3) is 0 Å². The van der Waals surface area contributed by atoms with Gasteiger partial charge in [0.05, 0.1) is 12.4 Å². The Morgan fingerprint density at radius 1 is 1.39 bits per heavy atom. The van der Waals surface area contributed by atoms with Crippen molar-refractivity contribution in [1.82, 2.24) is 14.9 Å². The summed E-state index contributed by atoms with van der Waals surface area (Å²) in [7, 11) is 0. The highest BCUT2D eigenvalue weighted by molar-refractivity contribution is 5.94. The minimum absolute atomic E-state index is 0.0638. The summed E-state index contributed by atoms with van der Waals surface area (Å²) in [4.78, 5) is 10.4. The van der Waals surface area contributed by atoms with Crippen LogP contribution in [0.15, 0.2) is 17.5 Å². The summed E-state index contributed by atoms with van der Waals surface area (Å²) in [5.41, 5.74) is 5.70. The van der Waals surface area contributed by atoms with Gasteiger partial charge in [0.2, 0.25) is 5.88 Å². The molecule has 1 aliphatic rings. The number of likely N-dealkylation sites (tertiary alicyclic amines) is 1. The van der Waals surface area contributed by atoms with Crippen LogP contribution in [0.5, 0.6) is 5.88 Å². The summed E-state index contributed by atoms with van der Waals surface area (Å²) < 4.78 is 5.48. The smallest absolute Gasteiger partial charge is 0.232 e. The van der Waals surface area contributed by atoms with Gasteiger partial charge in [0, 0.05) is 6.54 Å². The van der Waals surface area contributed by atoms with Crippen LogP contribution < -0.4 is 10.5 Å². The maximum atomic E-state index is 8.48. The van der Waals surface area contributed by atoms with E-state index >= 15 is 0 Å². The Morgan fingerprint density at radius 2 is 2.17 bits per heavy atom. The highest BCUT2D eigenvalue weighted by atomic mass is 16.5. The molecule has 2 heterocycles. The molecule has 2 rings (SSSR count). The number of nitrogens with zero attached hydrogens (tertiary/aromatic N) is 4. The number of amidine groups is 1. The Kier molecular flexibility index (Phi) is 4.30. The monoisotopic (exact) mass is 251 g/mol. The van der Waals surface area contributed by atoms with Gasteiger partial charge in [-0.05, 0) is 25.9 Å². The van der Waals surface area contributed by atoms with E-state index in [1.54, 1.807) is 0 Å². The Hall–Kier alpha value is -1.89. The lowest BCUT2D eigenvalue weighted by atomic mass is 10.4. The molecule has 1 aliphatic heterocycles. The quantitative estimate of drug-likeness (QED) is 0.332. The van der Waals surface area contributed by atoms with Crippen molar-refractivity contribution < 1.29 is 9.94 Å². The molecule has 1 fully saturated rings. The van der Waals surface area contributed by atoms with Gasteiger partial charge in [-0.1, -0.05) is 5.16 Å². The van der Waals surface area contributed by atoms with Crippen LogP contribution in [0, 0.1) is 0 Å². The molecular weight excluding hydrogens is 234 g/mol. The fourth-order valence-corrected chi connectivity index (χ4v) is 1.86. The van der Waals surface area contributed by atoms with Crippen LogP contribution in [-0.2, 0) is 0 Å². The minimum atomic E-state index is -0.0638. The van der Waals surface area contributed by atoms with Crippen LogP contribution in [0.2, 0.25) is 0 Å². The Bertz CT molecular complexity index is 400. The van der Waals surface area contributed by atoms with E-state index in [0.717, 1.165) is 19.6 Å². The minimum Gasteiger partial charge on any atom is -0.475 e. The second-order valence-electron chi connectivity index (χ2n) is 4.12. The lowest BCUT2D eigenvalue weighted by molar-refractivity contribution is 0.231. The molecule has 0 unspecified atom stereocenters. The van der Waals surface area contributed by atoms with Crippen molar-refractivity contribution in [1.29, 1.82) is 0 Å². The summed E-state index contributed by atoms with van der Waals surface area (Å²) in [6.07, 6.45) is 5.43. The van der Waals surface area contributed by atoms with E-state index in [1.165, 1.54) is 25.2 Å². The average Bonchev–Trinajstić information content (AvgIpc) is 2.92. The van der Waals surface area contributed by atoms with E-state index in [-0.39, 0.29) is 5.84 Å². The van der Waals surface area contributed by atoms with Crippen molar-refractivity contribution in [2.75, 3.05) is 26.2 Å². The third kappa shape index (κ3) is 3.30. The molecule has 1 aromatic heterocycles. The van der Waals surface area contributed by atoms with Crippen LogP contribution in [-0.4, -0.2) is 52.2 Å². The van der Waals surface area contributed by atoms with E-state index in [2.05, 4.69) is 20.0 Å². The van der Waals surface area contributed by atoms with E-state index in [9.17, 15) is 0 Å². The molecule has 0 aromatic carbocycles. The van der Waals surface area contributed by atoms with Crippen LogP contribution >= 0.6 is 0 Å². The second kappa shape index (κ2) is 6.15. The SMILES string of the molecule is NC(=NO)c1cnc(OCCN2CCCC2)cn1. The zero-order valence-corrected chi connectivity index (χ0v) is 10.1. The summed E-state index contributed by atoms with van der Waals surface area (Å²) in [6, 6.07) is 0. The molecule has 0 aliphatic carbocycles. The first-order chi connectivity index (χ1) is 8.79. The van der Waals surface area contributed by atoms with Crippen molar-refractivity contribution in [2.24, 2.45) is 10.9 Å². The molecule has 0 radical (unpaired) electrons. The average molecular weight is 251 g/mol.